The lowest BCUT2D eigenvalue weighted by atomic mass is 10.2. The van der Waals surface area contributed by atoms with Crippen molar-refractivity contribution >= 4 is 21.7 Å². The first-order valence-electron chi connectivity index (χ1n) is 5.88. The van der Waals surface area contributed by atoms with Crippen molar-refractivity contribution in [3.05, 3.63) is 11.9 Å². The van der Waals surface area contributed by atoms with Gasteiger partial charge in [-0.2, -0.15) is 0 Å². The first kappa shape index (κ1) is 14.4. The minimum absolute atomic E-state index is 0.0347. The van der Waals surface area contributed by atoms with Gasteiger partial charge < -0.3 is 10.0 Å². The van der Waals surface area contributed by atoms with Gasteiger partial charge in [0.2, 0.25) is 5.91 Å². The Morgan fingerprint density at radius 2 is 2.25 bits per heavy atom. The van der Waals surface area contributed by atoms with E-state index in [1.807, 2.05) is 0 Å². The summed E-state index contributed by atoms with van der Waals surface area (Å²) in [5, 5.41) is 15.6. The fraction of sp³-hybridized carbons (Fsp3) is 0.600. The summed E-state index contributed by atoms with van der Waals surface area (Å²) in [4.78, 5) is 24.0. The number of rotatable bonds is 4. The van der Waals surface area contributed by atoms with Crippen LogP contribution in [0.2, 0.25) is 0 Å². The fourth-order valence-electron chi connectivity index (χ4n) is 2.01. The van der Waals surface area contributed by atoms with E-state index in [0.29, 0.717) is 6.42 Å². The minimum atomic E-state index is -3.06. The number of hydrogen-bond donors (Lipinski definition) is 1. The molecule has 1 aromatic heterocycles. The summed E-state index contributed by atoms with van der Waals surface area (Å²) in [5.41, 5.74) is -0.246. The molecule has 1 atom stereocenters. The van der Waals surface area contributed by atoms with Crippen LogP contribution in [0.15, 0.2) is 6.20 Å². The molecule has 1 aromatic rings. The van der Waals surface area contributed by atoms with Crippen LogP contribution in [0.25, 0.3) is 0 Å². The van der Waals surface area contributed by atoms with Gasteiger partial charge in [0.25, 0.3) is 0 Å². The molecule has 0 spiro atoms. The van der Waals surface area contributed by atoms with Crippen molar-refractivity contribution in [3.63, 3.8) is 0 Å². The van der Waals surface area contributed by atoms with E-state index in [9.17, 15) is 18.0 Å². The average Bonchev–Trinajstić information content (AvgIpc) is 2.94. The number of likely N-dealkylation sites (N-methyl/N-ethyl adjacent to an activating group) is 1. The number of carboxylic acids is 1. The van der Waals surface area contributed by atoms with Crippen molar-refractivity contribution in [1.29, 1.82) is 0 Å². The Bertz CT molecular complexity index is 638. The number of carbonyl (C=O) groups excluding carboxylic acids is 1. The van der Waals surface area contributed by atoms with Crippen molar-refractivity contribution in [3.8, 4) is 0 Å². The Kier molecular flexibility index (Phi) is 3.75. The predicted molar refractivity (Wildman–Crippen MR) is 66.8 cm³/mol. The average molecular weight is 302 g/mol. The highest BCUT2D eigenvalue weighted by molar-refractivity contribution is 7.91. The molecule has 0 aromatic carbocycles. The molecule has 0 bridgehead atoms. The number of nitrogens with zero attached hydrogens (tertiary/aromatic N) is 4. The third-order valence-electron chi connectivity index (χ3n) is 3.20. The minimum Gasteiger partial charge on any atom is -0.476 e. The third kappa shape index (κ3) is 3.13. The zero-order valence-electron chi connectivity index (χ0n) is 10.8. The number of carboxylic acid groups (broad SMARTS) is 1. The molecule has 2 rings (SSSR count). The summed E-state index contributed by atoms with van der Waals surface area (Å²) >= 11 is 0. The Balaban J connectivity index is 1.99. The second-order valence-electron chi connectivity index (χ2n) is 4.67. The van der Waals surface area contributed by atoms with Crippen LogP contribution in [0, 0.1) is 0 Å². The lowest BCUT2D eigenvalue weighted by Crippen LogP contribution is -2.39. The van der Waals surface area contributed by atoms with E-state index in [1.165, 1.54) is 11.9 Å². The number of aromatic nitrogens is 3. The standard InChI is InChI=1S/C10H14N4O5S/c1-13(7-2-3-20(18,19)6-7)9(15)5-14-4-8(10(16)17)11-12-14/h4,7H,2-3,5-6H2,1H3,(H,16,17). The summed E-state index contributed by atoms with van der Waals surface area (Å²) in [5.74, 6) is -1.51. The van der Waals surface area contributed by atoms with Gasteiger partial charge in [-0.3, -0.25) is 4.79 Å². The molecule has 1 amide bonds. The van der Waals surface area contributed by atoms with Crippen LogP contribution >= 0.6 is 0 Å². The van der Waals surface area contributed by atoms with E-state index < -0.39 is 15.8 Å². The molecular formula is C10H14N4O5S. The second-order valence-corrected chi connectivity index (χ2v) is 6.90. The van der Waals surface area contributed by atoms with Crippen molar-refractivity contribution in [2.75, 3.05) is 18.6 Å². The molecule has 1 unspecified atom stereocenters. The van der Waals surface area contributed by atoms with Crippen molar-refractivity contribution in [2.24, 2.45) is 0 Å². The molecule has 20 heavy (non-hydrogen) atoms. The maximum atomic E-state index is 12.0. The van der Waals surface area contributed by atoms with E-state index in [0.717, 1.165) is 10.9 Å². The number of carbonyl (C=O) groups is 2. The van der Waals surface area contributed by atoms with Gasteiger partial charge in [0, 0.05) is 13.1 Å². The van der Waals surface area contributed by atoms with Crippen LogP contribution in [0.4, 0.5) is 0 Å². The zero-order chi connectivity index (χ0) is 14.9. The van der Waals surface area contributed by atoms with Gasteiger partial charge in [-0.25, -0.2) is 17.9 Å². The predicted octanol–water partition coefficient (Wildman–Crippen LogP) is -1.38. The lowest BCUT2D eigenvalue weighted by Gasteiger charge is -2.23. The summed E-state index contributed by atoms with van der Waals surface area (Å²) < 4.78 is 23.9. The molecule has 2 heterocycles. The molecule has 1 fully saturated rings. The molecule has 9 nitrogen and oxygen atoms in total. The Hall–Kier alpha value is -1.97. The molecule has 1 N–H and O–H groups in total. The molecular weight excluding hydrogens is 288 g/mol. The normalized spacial score (nSPS) is 20.8. The van der Waals surface area contributed by atoms with Crippen LogP contribution in [0.1, 0.15) is 16.9 Å². The van der Waals surface area contributed by atoms with Crippen molar-refractivity contribution in [1.82, 2.24) is 19.9 Å². The van der Waals surface area contributed by atoms with Crippen LogP contribution in [-0.4, -0.2) is 69.9 Å². The molecule has 0 radical (unpaired) electrons. The Labute approximate surface area is 115 Å². The highest BCUT2D eigenvalue weighted by atomic mass is 32.2. The van der Waals surface area contributed by atoms with Gasteiger partial charge in [-0.05, 0) is 6.42 Å². The molecule has 1 saturated heterocycles. The first-order valence-corrected chi connectivity index (χ1v) is 7.70. The highest BCUT2D eigenvalue weighted by Crippen LogP contribution is 2.16. The van der Waals surface area contributed by atoms with Crippen LogP contribution < -0.4 is 0 Å². The monoisotopic (exact) mass is 302 g/mol. The summed E-state index contributed by atoms with van der Waals surface area (Å²) in [6, 6.07) is -0.338. The number of amides is 1. The van der Waals surface area contributed by atoms with Gasteiger partial charge in [0.05, 0.1) is 17.7 Å². The molecule has 110 valence electrons. The number of sulfone groups is 1. The van der Waals surface area contributed by atoms with Crippen molar-refractivity contribution < 1.29 is 23.1 Å². The lowest BCUT2D eigenvalue weighted by molar-refractivity contribution is -0.132. The van der Waals surface area contributed by atoms with Crippen LogP contribution in [0.5, 0.6) is 0 Å². The second kappa shape index (κ2) is 5.19. The van der Waals surface area contributed by atoms with Gasteiger partial charge in [0.1, 0.15) is 6.54 Å². The summed E-state index contributed by atoms with van der Waals surface area (Å²) in [7, 11) is -1.53. The van der Waals surface area contributed by atoms with E-state index in [1.54, 1.807) is 0 Å². The van der Waals surface area contributed by atoms with Gasteiger partial charge >= 0.3 is 5.97 Å². The molecule has 1 aliphatic heterocycles. The van der Waals surface area contributed by atoms with Crippen molar-refractivity contribution in [2.45, 2.75) is 19.0 Å². The quantitative estimate of drug-likeness (QED) is 0.727. The summed E-state index contributed by atoms with van der Waals surface area (Å²) in [6.45, 7) is -0.173. The van der Waals surface area contributed by atoms with Gasteiger partial charge in [-0.1, -0.05) is 5.21 Å². The van der Waals surface area contributed by atoms with Crippen LogP contribution in [-0.2, 0) is 21.2 Å². The maximum absolute atomic E-state index is 12.0. The Morgan fingerprint density at radius 3 is 2.75 bits per heavy atom. The SMILES string of the molecule is CN(C(=O)Cn1cc(C(=O)O)nn1)C1CCS(=O)(=O)C1. The molecule has 0 saturated carbocycles. The first-order chi connectivity index (χ1) is 9.28. The van der Waals surface area contributed by atoms with E-state index in [-0.39, 0.29) is 35.7 Å². The van der Waals surface area contributed by atoms with E-state index in [2.05, 4.69) is 10.3 Å². The molecule has 1 aliphatic rings. The zero-order valence-corrected chi connectivity index (χ0v) is 11.6. The number of aromatic carboxylic acids is 1. The van der Waals surface area contributed by atoms with Gasteiger partial charge in [-0.15, -0.1) is 5.10 Å². The van der Waals surface area contributed by atoms with Crippen LogP contribution in [0.3, 0.4) is 0 Å². The summed E-state index contributed by atoms with van der Waals surface area (Å²) in [6.07, 6.45) is 1.57. The van der Waals surface area contributed by atoms with Gasteiger partial charge in [0.15, 0.2) is 15.5 Å². The molecule has 0 aliphatic carbocycles. The van der Waals surface area contributed by atoms with E-state index >= 15 is 0 Å². The van der Waals surface area contributed by atoms with E-state index in [4.69, 9.17) is 5.11 Å². The third-order valence-corrected chi connectivity index (χ3v) is 4.95. The largest absolute Gasteiger partial charge is 0.476 e. The maximum Gasteiger partial charge on any atom is 0.358 e. The fourth-order valence-corrected chi connectivity index (χ4v) is 3.78. The Morgan fingerprint density at radius 1 is 1.55 bits per heavy atom. The smallest absolute Gasteiger partial charge is 0.358 e. The highest BCUT2D eigenvalue weighted by Gasteiger charge is 2.32. The number of hydrogen-bond acceptors (Lipinski definition) is 6. The topological polar surface area (TPSA) is 122 Å². The molecule has 10 heteroatoms.